The normalized spacial score (nSPS) is 11.0. The Kier molecular flexibility index (Phi) is 5.23. The van der Waals surface area contributed by atoms with Gasteiger partial charge in [-0.1, -0.05) is 36.5 Å². The minimum atomic E-state index is 1.58. The van der Waals surface area contributed by atoms with Gasteiger partial charge in [-0.05, 0) is 6.92 Å². The van der Waals surface area contributed by atoms with Crippen molar-refractivity contribution in [3.8, 4) is 0 Å². The van der Waals surface area contributed by atoms with Crippen LogP contribution >= 0.6 is 12.2 Å². The van der Waals surface area contributed by atoms with Crippen LogP contribution in [0, 0.1) is 0 Å². The Balaban J connectivity index is 3.27. The standard InChI is InChI=1S/C6H8S/c1-2-3-4-5-6-7/h2-6H,1H3/b3-2-,5-4-. The van der Waals surface area contributed by atoms with Crippen LogP contribution in [-0.4, -0.2) is 5.37 Å². The molecule has 38 valence electrons. The highest BCUT2D eigenvalue weighted by Gasteiger charge is 1.53. The molecule has 0 radical (unpaired) electrons. The van der Waals surface area contributed by atoms with E-state index >= 15 is 0 Å². The molecule has 0 aromatic heterocycles. The first-order chi connectivity index (χ1) is 3.41. The van der Waals surface area contributed by atoms with Gasteiger partial charge in [0.05, 0.1) is 0 Å². The molecule has 0 aliphatic heterocycles. The maximum absolute atomic E-state index is 4.52. The highest BCUT2D eigenvalue weighted by atomic mass is 32.1. The van der Waals surface area contributed by atoms with Crippen molar-refractivity contribution >= 4 is 17.6 Å². The third-order valence-corrected chi connectivity index (χ3v) is 0.650. The van der Waals surface area contributed by atoms with Gasteiger partial charge in [-0.25, -0.2) is 0 Å². The quantitative estimate of drug-likeness (QED) is 0.299. The van der Waals surface area contributed by atoms with Gasteiger partial charge in [0, 0.05) is 5.37 Å². The summed E-state index contributed by atoms with van der Waals surface area (Å²) in [6, 6.07) is 0. The molecule has 1 heteroatoms. The maximum Gasteiger partial charge on any atom is 0.00135 e. The summed E-state index contributed by atoms with van der Waals surface area (Å²) < 4.78 is 0. The van der Waals surface area contributed by atoms with Crippen molar-refractivity contribution in [2.24, 2.45) is 0 Å². The Morgan fingerprint density at radius 1 is 1.14 bits per heavy atom. The SMILES string of the molecule is C/C=C\C=C/C=S. The van der Waals surface area contributed by atoms with Crippen LogP contribution in [0.2, 0.25) is 0 Å². The van der Waals surface area contributed by atoms with E-state index in [1.807, 2.05) is 31.2 Å². The van der Waals surface area contributed by atoms with Gasteiger partial charge in [0.15, 0.2) is 0 Å². The Morgan fingerprint density at radius 3 is 2.29 bits per heavy atom. The van der Waals surface area contributed by atoms with Crippen LogP contribution in [0.15, 0.2) is 24.3 Å². The molecule has 0 N–H and O–H groups in total. The number of hydrogen-bond donors (Lipinski definition) is 0. The third-order valence-electron chi connectivity index (χ3n) is 0.493. The highest BCUT2D eigenvalue weighted by Crippen LogP contribution is 1.71. The molecule has 0 heterocycles. The van der Waals surface area contributed by atoms with Crippen molar-refractivity contribution in [1.29, 1.82) is 0 Å². The van der Waals surface area contributed by atoms with Crippen molar-refractivity contribution in [2.75, 3.05) is 0 Å². The van der Waals surface area contributed by atoms with Gasteiger partial charge in [-0.2, -0.15) is 0 Å². The summed E-state index contributed by atoms with van der Waals surface area (Å²) in [5.41, 5.74) is 0. The lowest BCUT2D eigenvalue weighted by molar-refractivity contribution is 1.74. The van der Waals surface area contributed by atoms with Gasteiger partial charge < -0.3 is 0 Å². The largest absolute Gasteiger partial charge is 0.0887 e. The fourth-order valence-electron chi connectivity index (χ4n) is 0.221. The van der Waals surface area contributed by atoms with E-state index in [1.54, 1.807) is 5.37 Å². The predicted molar refractivity (Wildman–Crippen MR) is 37.6 cm³/mol. The predicted octanol–water partition coefficient (Wildman–Crippen LogP) is 2.12. The van der Waals surface area contributed by atoms with Gasteiger partial charge in [-0.3, -0.25) is 0 Å². The molecule has 0 aliphatic rings. The van der Waals surface area contributed by atoms with Gasteiger partial charge >= 0.3 is 0 Å². The van der Waals surface area contributed by atoms with Crippen molar-refractivity contribution in [3.05, 3.63) is 24.3 Å². The van der Waals surface area contributed by atoms with Crippen LogP contribution in [0.5, 0.6) is 0 Å². The first-order valence-corrected chi connectivity index (χ1v) is 2.62. The number of hydrogen-bond acceptors (Lipinski definition) is 1. The molecule has 0 atom stereocenters. The van der Waals surface area contributed by atoms with Crippen molar-refractivity contribution in [1.82, 2.24) is 0 Å². The molecule has 0 fully saturated rings. The highest BCUT2D eigenvalue weighted by molar-refractivity contribution is 7.79. The van der Waals surface area contributed by atoms with Crippen molar-refractivity contribution in [3.63, 3.8) is 0 Å². The van der Waals surface area contributed by atoms with Crippen LogP contribution in [0.4, 0.5) is 0 Å². The maximum atomic E-state index is 4.52. The summed E-state index contributed by atoms with van der Waals surface area (Å²) in [4.78, 5) is 0. The van der Waals surface area contributed by atoms with Gasteiger partial charge in [0.2, 0.25) is 0 Å². The van der Waals surface area contributed by atoms with E-state index in [4.69, 9.17) is 0 Å². The first kappa shape index (κ1) is 6.57. The lowest BCUT2D eigenvalue weighted by Gasteiger charge is -1.64. The lowest BCUT2D eigenvalue weighted by Crippen LogP contribution is -1.49. The molecule has 0 nitrogen and oxygen atoms in total. The number of thiocarbonyl (C=S) groups is 1. The van der Waals surface area contributed by atoms with Crippen LogP contribution in [0.1, 0.15) is 6.92 Å². The molecule has 0 aromatic rings. The lowest BCUT2D eigenvalue weighted by atomic mass is 10.5. The second kappa shape index (κ2) is 5.57. The fourth-order valence-corrected chi connectivity index (χ4v) is 0.311. The molecule has 0 saturated carbocycles. The topological polar surface area (TPSA) is 0 Å². The number of rotatable bonds is 2. The van der Waals surface area contributed by atoms with Crippen molar-refractivity contribution < 1.29 is 0 Å². The van der Waals surface area contributed by atoms with Crippen LogP contribution in [0.3, 0.4) is 0 Å². The molecular formula is C6H8S. The zero-order valence-corrected chi connectivity index (χ0v) is 5.11. The van der Waals surface area contributed by atoms with E-state index in [0.29, 0.717) is 0 Å². The van der Waals surface area contributed by atoms with Crippen LogP contribution < -0.4 is 0 Å². The molecule has 0 rings (SSSR count). The average molecular weight is 112 g/mol. The van der Waals surface area contributed by atoms with Crippen LogP contribution in [0.25, 0.3) is 0 Å². The molecule has 0 bridgehead atoms. The molecular weight excluding hydrogens is 104 g/mol. The molecule has 0 unspecified atom stereocenters. The molecule has 0 amide bonds. The van der Waals surface area contributed by atoms with E-state index in [1.165, 1.54) is 0 Å². The monoisotopic (exact) mass is 112 g/mol. The second-order valence-corrected chi connectivity index (χ2v) is 1.32. The van der Waals surface area contributed by atoms with E-state index < -0.39 is 0 Å². The molecule has 0 aliphatic carbocycles. The Morgan fingerprint density at radius 2 is 1.86 bits per heavy atom. The smallest absolute Gasteiger partial charge is 0.00135 e. The second-order valence-electron chi connectivity index (χ2n) is 1.05. The Bertz CT molecular complexity index is 90.4. The molecule has 0 saturated heterocycles. The third kappa shape index (κ3) is 5.57. The summed E-state index contributed by atoms with van der Waals surface area (Å²) in [5.74, 6) is 0. The summed E-state index contributed by atoms with van der Waals surface area (Å²) in [6.45, 7) is 1.97. The van der Waals surface area contributed by atoms with E-state index in [9.17, 15) is 0 Å². The minimum absolute atomic E-state index is 1.58. The summed E-state index contributed by atoms with van der Waals surface area (Å²) >= 11 is 4.52. The average Bonchev–Trinajstić information content (AvgIpc) is 1.69. The Labute approximate surface area is 49.5 Å². The van der Waals surface area contributed by atoms with Gasteiger partial charge in [-0.15, -0.1) is 0 Å². The van der Waals surface area contributed by atoms with Crippen LogP contribution in [-0.2, 0) is 0 Å². The fraction of sp³-hybridized carbons (Fsp3) is 0.167. The van der Waals surface area contributed by atoms with Gasteiger partial charge in [0.25, 0.3) is 0 Å². The van der Waals surface area contributed by atoms with E-state index in [-0.39, 0.29) is 0 Å². The minimum Gasteiger partial charge on any atom is -0.0887 e. The van der Waals surface area contributed by atoms with Gasteiger partial charge in [0.1, 0.15) is 0 Å². The molecule has 0 spiro atoms. The molecule has 7 heavy (non-hydrogen) atoms. The summed E-state index contributed by atoms with van der Waals surface area (Å²) in [7, 11) is 0. The molecule has 0 aromatic carbocycles. The number of allylic oxidation sites excluding steroid dienone is 4. The van der Waals surface area contributed by atoms with Crippen molar-refractivity contribution in [2.45, 2.75) is 6.92 Å². The van der Waals surface area contributed by atoms with E-state index in [2.05, 4.69) is 12.2 Å². The first-order valence-electron chi connectivity index (χ1n) is 2.15. The zero-order chi connectivity index (χ0) is 5.54. The summed E-state index contributed by atoms with van der Waals surface area (Å²) in [5, 5.41) is 1.58. The van der Waals surface area contributed by atoms with E-state index in [0.717, 1.165) is 0 Å². The summed E-state index contributed by atoms with van der Waals surface area (Å²) in [6.07, 6.45) is 7.60. The Hall–Kier alpha value is -0.430. The zero-order valence-electron chi connectivity index (χ0n) is 4.29.